The summed E-state index contributed by atoms with van der Waals surface area (Å²) in [4.78, 5) is 8.84. The molecular weight excluding hydrogens is 386 g/mol. The summed E-state index contributed by atoms with van der Waals surface area (Å²) >= 11 is 0. The molecule has 1 atom stereocenters. The Morgan fingerprint density at radius 1 is 1.07 bits per heavy atom. The lowest BCUT2D eigenvalue weighted by atomic mass is 10.0. The molecule has 0 bridgehead atoms. The van der Waals surface area contributed by atoms with Crippen LogP contribution in [0.2, 0.25) is 0 Å². The van der Waals surface area contributed by atoms with Crippen LogP contribution in [0.5, 0.6) is 0 Å². The second-order valence-electron chi connectivity index (χ2n) is 7.68. The van der Waals surface area contributed by atoms with Crippen LogP contribution in [0, 0.1) is 11.6 Å². The molecule has 0 saturated heterocycles. The number of aromatic amines is 1. The van der Waals surface area contributed by atoms with E-state index in [1.807, 2.05) is 13.0 Å². The highest BCUT2D eigenvalue weighted by atomic mass is 19.1. The molecule has 2 heterocycles. The first-order valence-electron chi connectivity index (χ1n) is 9.82. The van der Waals surface area contributed by atoms with E-state index < -0.39 is 5.82 Å². The molecule has 0 aliphatic heterocycles. The van der Waals surface area contributed by atoms with E-state index in [0.29, 0.717) is 28.1 Å². The van der Waals surface area contributed by atoms with Gasteiger partial charge in [0.05, 0.1) is 22.6 Å². The molecule has 8 heteroatoms. The normalized spacial score (nSPS) is 14.8. The minimum atomic E-state index is -0.427. The Kier molecular flexibility index (Phi) is 4.34. The van der Waals surface area contributed by atoms with Crippen LogP contribution in [0.1, 0.15) is 43.0 Å². The van der Waals surface area contributed by atoms with Gasteiger partial charge in [0.25, 0.3) is 0 Å². The van der Waals surface area contributed by atoms with Gasteiger partial charge in [-0.3, -0.25) is 5.10 Å². The van der Waals surface area contributed by atoms with Crippen molar-refractivity contribution in [2.75, 3.05) is 11.1 Å². The van der Waals surface area contributed by atoms with Gasteiger partial charge in [0.1, 0.15) is 17.5 Å². The lowest BCUT2D eigenvalue weighted by Crippen LogP contribution is -2.11. The third-order valence-corrected chi connectivity index (χ3v) is 5.40. The summed E-state index contributed by atoms with van der Waals surface area (Å²) < 4.78 is 27.6. The molecule has 5 rings (SSSR count). The van der Waals surface area contributed by atoms with E-state index in [9.17, 15) is 8.78 Å². The summed E-state index contributed by atoms with van der Waals surface area (Å²) in [6.45, 7) is 1.90. The average Bonchev–Trinajstić information content (AvgIpc) is 3.44. The minimum Gasteiger partial charge on any atom is -0.383 e. The maximum atomic E-state index is 14.4. The monoisotopic (exact) mass is 406 g/mol. The number of hydrogen-bond donors (Lipinski definition) is 3. The van der Waals surface area contributed by atoms with Gasteiger partial charge in [-0.05, 0) is 49.6 Å². The molecule has 2 aromatic carbocycles. The second-order valence-corrected chi connectivity index (χ2v) is 7.68. The highest BCUT2D eigenvalue weighted by Crippen LogP contribution is 2.41. The van der Waals surface area contributed by atoms with E-state index in [0.717, 1.165) is 24.1 Å². The largest absolute Gasteiger partial charge is 0.383 e. The van der Waals surface area contributed by atoms with E-state index in [1.165, 1.54) is 24.3 Å². The first-order chi connectivity index (χ1) is 14.5. The molecule has 2 aromatic heterocycles. The molecule has 152 valence electrons. The molecule has 0 spiro atoms. The summed E-state index contributed by atoms with van der Waals surface area (Å²) in [5, 5.41) is 11.1. The molecule has 4 N–H and O–H groups in total. The van der Waals surface area contributed by atoms with E-state index in [2.05, 4.69) is 25.5 Å². The Bertz CT molecular complexity index is 1230. The lowest BCUT2D eigenvalue weighted by molar-refractivity contribution is 0.626. The summed E-state index contributed by atoms with van der Waals surface area (Å²) in [7, 11) is 0. The first-order valence-corrected chi connectivity index (χ1v) is 9.82. The quantitative estimate of drug-likeness (QED) is 0.437. The number of H-pyrrole nitrogens is 1. The van der Waals surface area contributed by atoms with E-state index >= 15 is 0 Å². The number of fused-ring (bicyclic) bond motifs is 1. The summed E-state index contributed by atoms with van der Waals surface area (Å²) in [6, 6.07) is 10.6. The van der Waals surface area contributed by atoms with Crippen LogP contribution in [-0.2, 0) is 0 Å². The van der Waals surface area contributed by atoms with E-state index in [4.69, 9.17) is 5.73 Å². The number of nitrogens with two attached hydrogens (primary N) is 1. The van der Waals surface area contributed by atoms with Crippen LogP contribution < -0.4 is 11.1 Å². The molecule has 1 aliphatic carbocycles. The van der Waals surface area contributed by atoms with Crippen LogP contribution >= 0.6 is 0 Å². The SMILES string of the molecule is C[C@H](Nc1nc(N)c2c(-c3cc(C4CC4)[nH]n3)cc(F)cc2n1)c1ccc(F)cc1. The highest BCUT2D eigenvalue weighted by Gasteiger charge is 2.26. The third kappa shape index (κ3) is 3.45. The van der Waals surface area contributed by atoms with Crippen molar-refractivity contribution in [2.24, 2.45) is 0 Å². The van der Waals surface area contributed by atoms with Crippen LogP contribution in [0.4, 0.5) is 20.5 Å². The molecule has 1 aliphatic rings. The number of benzene rings is 2. The number of nitrogen functional groups attached to an aromatic ring is 1. The van der Waals surface area contributed by atoms with Gasteiger partial charge in [-0.2, -0.15) is 10.1 Å². The smallest absolute Gasteiger partial charge is 0.225 e. The van der Waals surface area contributed by atoms with Crippen molar-refractivity contribution in [2.45, 2.75) is 31.7 Å². The molecule has 1 saturated carbocycles. The highest BCUT2D eigenvalue weighted by molar-refractivity contribution is 6.01. The van der Waals surface area contributed by atoms with Crippen molar-refractivity contribution in [3.63, 3.8) is 0 Å². The number of hydrogen-bond acceptors (Lipinski definition) is 5. The van der Waals surface area contributed by atoms with Crippen LogP contribution in [0.3, 0.4) is 0 Å². The van der Waals surface area contributed by atoms with Gasteiger partial charge in [0.15, 0.2) is 0 Å². The zero-order chi connectivity index (χ0) is 20.8. The number of aromatic nitrogens is 4. The predicted octanol–water partition coefficient (Wildman–Crippen LogP) is 4.93. The molecule has 0 radical (unpaired) electrons. The Balaban J connectivity index is 1.52. The van der Waals surface area contributed by atoms with E-state index in [1.54, 1.807) is 12.1 Å². The van der Waals surface area contributed by atoms with Crippen LogP contribution in [0.15, 0.2) is 42.5 Å². The van der Waals surface area contributed by atoms with Crippen molar-refractivity contribution in [3.8, 4) is 11.3 Å². The lowest BCUT2D eigenvalue weighted by Gasteiger charge is -2.16. The van der Waals surface area contributed by atoms with Gasteiger partial charge in [-0.25, -0.2) is 13.8 Å². The predicted molar refractivity (Wildman–Crippen MR) is 112 cm³/mol. The standard InChI is InChI=1S/C22H20F2N6/c1-11(12-4-6-14(23)7-5-12)26-22-27-19-9-15(24)8-16(20(19)21(25)28-22)18-10-17(29-30-18)13-2-3-13/h4-11,13H,2-3H2,1H3,(H,29,30)(H3,25,26,27,28)/t11-/m0/s1. The topological polar surface area (TPSA) is 92.5 Å². The van der Waals surface area contributed by atoms with Gasteiger partial charge in [-0.1, -0.05) is 12.1 Å². The van der Waals surface area contributed by atoms with Gasteiger partial charge in [0, 0.05) is 23.2 Å². The van der Waals surface area contributed by atoms with Crippen LogP contribution in [0.25, 0.3) is 22.2 Å². The van der Waals surface area contributed by atoms with E-state index in [-0.39, 0.29) is 23.6 Å². The number of anilines is 2. The Morgan fingerprint density at radius 3 is 2.57 bits per heavy atom. The van der Waals surface area contributed by atoms with Gasteiger partial charge in [0.2, 0.25) is 5.95 Å². The summed E-state index contributed by atoms with van der Waals surface area (Å²) in [5.41, 5.74) is 9.74. The Labute approximate surface area is 171 Å². The fourth-order valence-corrected chi connectivity index (χ4v) is 3.63. The van der Waals surface area contributed by atoms with Crippen molar-refractivity contribution in [3.05, 3.63) is 65.4 Å². The number of nitrogens with one attached hydrogen (secondary N) is 2. The Morgan fingerprint density at radius 2 is 1.83 bits per heavy atom. The molecule has 6 nitrogen and oxygen atoms in total. The van der Waals surface area contributed by atoms with Crippen molar-refractivity contribution in [1.82, 2.24) is 20.2 Å². The third-order valence-electron chi connectivity index (χ3n) is 5.40. The number of halogens is 2. The fraction of sp³-hybridized carbons (Fsp3) is 0.227. The van der Waals surface area contributed by atoms with Crippen molar-refractivity contribution < 1.29 is 8.78 Å². The number of nitrogens with zero attached hydrogens (tertiary/aromatic N) is 3. The molecule has 1 fully saturated rings. The molecule has 0 amide bonds. The van der Waals surface area contributed by atoms with Crippen molar-refractivity contribution in [1.29, 1.82) is 0 Å². The average molecular weight is 406 g/mol. The summed E-state index contributed by atoms with van der Waals surface area (Å²) in [6.07, 6.45) is 2.27. The van der Waals surface area contributed by atoms with Gasteiger partial charge >= 0.3 is 0 Å². The summed E-state index contributed by atoms with van der Waals surface area (Å²) in [5.74, 6) is 0.282. The Hall–Kier alpha value is -3.55. The maximum absolute atomic E-state index is 14.4. The molecular formula is C22H20F2N6. The van der Waals surface area contributed by atoms with Crippen LogP contribution in [-0.4, -0.2) is 20.2 Å². The first kappa shape index (κ1) is 18.5. The van der Waals surface area contributed by atoms with Gasteiger partial charge < -0.3 is 11.1 Å². The molecule has 30 heavy (non-hydrogen) atoms. The molecule has 4 aromatic rings. The minimum absolute atomic E-state index is 0.192. The van der Waals surface area contributed by atoms with Crippen molar-refractivity contribution >= 4 is 22.7 Å². The van der Waals surface area contributed by atoms with Gasteiger partial charge in [-0.15, -0.1) is 0 Å². The molecule has 0 unspecified atom stereocenters. The fourth-order valence-electron chi connectivity index (χ4n) is 3.63. The maximum Gasteiger partial charge on any atom is 0.225 e. The zero-order valence-electron chi connectivity index (χ0n) is 16.3. The second kappa shape index (κ2) is 7.05. The zero-order valence-corrected chi connectivity index (χ0v) is 16.3. The number of rotatable bonds is 5.